The third-order valence-electron chi connectivity index (χ3n) is 15.4. The number of aromatic nitrogens is 4. The highest BCUT2D eigenvalue weighted by Gasteiger charge is 2.35. The van der Waals surface area contributed by atoms with Crippen LogP contribution in [-0.4, -0.2) is 35.0 Å². The van der Waals surface area contributed by atoms with Crippen molar-refractivity contribution < 1.29 is 18.7 Å². The topological polar surface area (TPSA) is 58.2 Å². The second kappa shape index (κ2) is 32.5. The van der Waals surface area contributed by atoms with Crippen LogP contribution < -0.4 is 18.9 Å². The molecule has 5 aromatic rings. The second-order valence-electron chi connectivity index (χ2n) is 22.0. The van der Waals surface area contributed by atoms with Gasteiger partial charge in [-0.25, -0.2) is 23.2 Å². The average Bonchev–Trinajstić information content (AvgIpc) is 4.03. The molecule has 0 fully saturated rings. The molecule has 3 heterocycles. The van der Waals surface area contributed by atoms with Crippen LogP contribution in [0.5, 0.6) is 0 Å². The van der Waals surface area contributed by atoms with E-state index in [1.54, 1.807) is 0 Å². The van der Waals surface area contributed by atoms with Crippen molar-refractivity contribution in [2.75, 3.05) is 23.9 Å². The van der Waals surface area contributed by atoms with Crippen molar-refractivity contribution in [3.63, 3.8) is 0 Å². The summed E-state index contributed by atoms with van der Waals surface area (Å²) >= 11 is 0. The maximum absolute atomic E-state index is 14.5. The molecule has 394 valence electrons. The summed E-state index contributed by atoms with van der Waals surface area (Å²) in [5.74, 6) is -0.542. The van der Waals surface area contributed by atoms with Gasteiger partial charge in [0.15, 0.2) is 0 Å². The fourth-order valence-electron chi connectivity index (χ4n) is 11.2. The van der Waals surface area contributed by atoms with E-state index in [0.29, 0.717) is 29.9 Å². The Balaban J connectivity index is 0.990. The van der Waals surface area contributed by atoms with Crippen molar-refractivity contribution >= 4 is 34.0 Å². The Morgan fingerprint density at radius 2 is 0.819 bits per heavy atom. The largest absolute Gasteiger partial charge is 0.377 e. The van der Waals surface area contributed by atoms with Gasteiger partial charge in [-0.05, 0) is 73.2 Å². The smallest absolute Gasteiger partial charge is 0.265 e. The molecule has 0 saturated carbocycles. The minimum atomic E-state index is -0.271. The summed E-state index contributed by atoms with van der Waals surface area (Å²) in [5, 5.41) is 1.67. The van der Waals surface area contributed by atoms with E-state index in [-0.39, 0.29) is 11.8 Å². The van der Waals surface area contributed by atoms with Crippen LogP contribution in [0.1, 0.15) is 251 Å². The highest BCUT2D eigenvalue weighted by atomic mass is 16.2. The van der Waals surface area contributed by atoms with Crippen molar-refractivity contribution in [3.8, 4) is 0 Å². The summed E-state index contributed by atoms with van der Waals surface area (Å²) in [6.45, 7) is 7.91. The number of hydrogen-bond acceptors (Lipinski definition) is 3. The lowest BCUT2D eigenvalue weighted by Crippen LogP contribution is -2.41. The Morgan fingerprint density at radius 3 is 1.21 bits per heavy atom. The van der Waals surface area contributed by atoms with Gasteiger partial charge in [-0.15, -0.1) is 0 Å². The lowest BCUT2D eigenvalue weighted by molar-refractivity contribution is -0.688. The first-order valence-corrected chi connectivity index (χ1v) is 29.7. The molecule has 8 nitrogen and oxygen atoms in total. The maximum Gasteiger partial charge on any atom is 0.265 e. The molecular weight excluding hydrogens is 885 g/mol. The number of hydrogen-bond donors (Lipinski definition) is 0. The van der Waals surface area contributed by atoms with Gasteiger partial charge in [0.25, 0.3) is 11.8 Å². The molecule has 2 amide bonds. The van der Waals surface area contributed by atoms with Gasteiger partial charge in [0.2, 0.25) is 12.7 Å². The van der Waals surface area contributed by atoms with Gasteiger partial charge >= 0.3 is 0 Å². The number of benzene rings is 3. The normalized spacial score (nSPS) is 12.5. The highest BCUT2D eigenvalue weighted by molar-refractivity contribution is 6.36. The Labute approximate surface area is 437 Å². The van der Waals surface area contributed by atoms with Crippen LogP contribution in [0.4, 0.5) is 11.4 Å². The van der Waals surface area contributed by atoms with Crippen molar-refractivity contribution in [3.05, 3.63) is 108 Å². The molecule has 0 radical (unpaired) electrons. The number of anilines is 2. The van der Waals surface area contributed by atoms with Crippen LogP contribution in [0, 0.1) is 0 Å². The van der Waals surface area contributed by atoms with E-state index in [2.05, 4.69) is 75.6 Å². The Hall–Kier alpha value is -4.72. The third-order valence-corrected chi connectivity index (χ3v) is 15.4. The highest BCUT2D eigenvalue weighted by Crippen LogP contribution is 2.37. The number of carbonyl (C=O) groups is 2. The van der Waals surface area contributed by atoms with E-state index in [1.165, 1.54) is 210 Å². The number of nitrogens with zero attached hydrogens (tertiary/aromatic N) is 6. The van der Waals surface area contributed by atoms with Crippen molar-refractivity contribution in [2.45, 2.75) is 245 Å². The lowest BCUT2D eigenvalue weighted by atomic mass is 9.92. The number of aryl methyl sites for hydroxylation is 2. The van der Waals surface area contributed by atoms with Crippen molar-refractivity contribution in [1.82, 2.24) is 9.13 Å². The van der Waals surface area contributed by atoms with E-state index >= 15 is 0 Å². The monoisotopic (exact) mass is 983 g/mol. The van der Waals surface area contributed by atoms with E-state index in [0.717, 1.165) is 40.7 Å². The molecule has 0 spiro atoms. The zero-order valence-corrected chi connectivity index (χ0v) is 46.0. The SMILES string of the molecule is CCCCCCCCCCCCCCCCCCn1cc[n+](Cc2cc(C[n+]3ccn(CCCCCCCCCCCCCCCCCC)c3)cc(N3C(=O)c4cccc5c(N(C)C)ccc(c45)C3=O)c2)c1. The summed E-state index contributed by atoms with van der Waals surface area (Å²) in [5.41, 5.74) is 4.88. The lowest BCUT2D eigenvalue weighted by Gasteiger charge is -2.29. The van der Waals surface area contributed by atoms with E-state index < -0.39 is 0 Å². The molecule has 0 aliphatic carbocycles. The number of imide groups is 1. The Bertz CT molecular complexity index is 2210. The van der Waals surface area contributed by atoms with Gasteiger partial charge in [-0.3, -0.25) is 9.59 Å². The van der Waals surface area contributed by atoms with Crippen LogP contribution >= 0.6 is 0 Å². The fraction of sp³-hybridized carbons (Fsp3) is 0.625. The molecule has 1 aliphatic heterocycles. The summed E-state index contributed by atoms with van der Waals surface area (Å²) < 4.78 is 9.08. The summed E-state index contributed by atoms with van der Waals surface area (Å²) in [7, 11) is 3.99. The van der Waals surface area contributed by atoms with E-state index in [4.69, 9.17) is 0 Å². The van der Waals surface area contributed by atoms with Crippen LogP contribution in [0.15, 0.2) is 86.0 Å². The second-order valence-corrected chi connectivity index (χ2v) is 22.0. The third kappa shape index (κ3) is 18.6. The number of unbranched alkanes of at least 4 members (excludes halogenated alkanes) is 30. The number of rotatable bonds is 40. The van der Waals surface area contributed by atoms with Gasteiger partial charge in [0.1, 0.15) is 37.9 Å². The molecule has 0 saturated heterocycles. The Morgan fingerprint density at radius 1 is 0.444 bits per heavy atom. The molecule has 72 heavy (non-hydrogen) atoms. The standard InChI is InChI=1S/C64H98N6O2/c1-5-7-9-11-13-15-17-19-21-23-25-27-29-31-33-35-42-66-44-46-68(53-66)51-55-48-56(50-57(49-55)70-63(71)59-39-37-38-58-61(65(3)4)41-40-60(62(58)59)64(70)72)52-69-47-45-67(54-69)43-36-34-32-30-28-26-24-22-20-18-16-14-12-10-8-6-2/h37-41,44-50,53-54H,5-36,42-43,51-52H2,1-4H3/q+2. The minimum Gasteiger partial charge on any atom is -0.377 e. The number of imidazole rings is 2. The first-order valence-electron chi connectivity index (χ1n) is 29.7. The minimum absolute atomic E-state index is 0.271. The molecule has 0 unspecified atom stereocenters. The van der Waals surface area contributed by atoms with Crippen LogP contribution in [0.25, 0.3) is 10.8 Å². The van der Waals surface area contributed by atoms with Gasteiger partial charge < -0.3 is 4.90 Å². The fourth-order valence-corrected chi connectivity index (χ4v) is 11.2. The van der Waals surface area contributed by atoms with E-state index in [1.807, 2.05) is 61.5 Å². The van der Waals surface area contributed by atoms with E-state index in [9.17, 15) is 9.59 Å². The molecule has 3 aromatic carbocycles. The zero-order valence-electron chi connectivity index (χ0n) is 46.0. The van der Waals surface area contributed by atoms with Crippen LogP contribution in [0.2, 0.25) is 0 Å². The number of carbonyl (C=O) groups excluding carboxylic acids is 2. The van der Waals surface area contributed by atoms with Gasteiger partial charge in [-0.2, -0.15) is 0 Å². The van der Waals surface area contributed by atoms with Crippen LogP contribution in [0.3, 0.4) is 0 Å². The summed E-state index contributed by atoms with van der Waals surface area (Å²) in [6, 6.07) is 16.1. The summed E-state index contributed by atoms with van der Waals surface area (Å²) in [6.07, 6.45) is 57.2. The number of amides is 2. The van der Waals surface area contributed by atoms with Crippen LogP contribution in [-0.2, 0) is 26.2 Å². The molecule has 0 N–H and O–H groups in total. The van der Waals surface area contributed by atoms with Gasteiger partial charge in [-0.1, -0.05) is 206 Å². The van der Waals surface area contributed by atoms with Crippen molar-refractivity contribution in [1.29, 1.82) is 0 Å². The quantitative estimate of drug-likeness (QED) is 0.0223. The maximum atomic E-state index is 14.5. The first kappa shape index (κ1) is 56.6. The average molecular weight is 984 g/mol. The predicted molar refractivity (Wildman–Crippen MR) is 302 cm³/mol. The molecule has 8 heteroatoms. The Kier molecular flexibility index (Phi) is 25.5. The van der Waals surface area contributed by atoms with Gasteiger partial charge in [0.05, 0.1) is 18.8 Å². The van der Waals surface area contributed by atoms with Crippen molar-refractivity contribution in [2.24, 2.45) is 0 Å². The molecule has 2 aromatic heterocycles. The predicted octanol–water partition coefficient (Wildman–Crippen LogP) is 16.5. The molecular formula is C64H98N6O2+2. The molecule has 6 rings (SSSR count). The summed E-state index contributed by atoms with van der Waals surface area (Å²) in [4.78, 5) is 32.4. The molecule has 1 aliphatic rings. The zero-order chi connectivity index (χ0) is 50.6. The molecule has 0 atom stereocenters. The van der Waals surface area contributed by atoms with Gasteiger partial charge in [0, 0.05) is 41.7 Å². The first-order chi connectivity index (χ1) is 35.4. The molecule has 0 bridgehead atoms.